The van der Waals surface area contributed by atoms with Gasteiger partial charge in [-0.25, -0.2) is 0 Å². The number of allylic oxidation sites excluding steroid dienone is 4. The van der Waals surface area contributed by atoms with Crippen LogP contribution in [0.25, 0.3) is 0 Å². The van der Waals surface area contributed by atoms with E-state index in [-0.39, 0.29) is 5.78 Å². The van der Waals surface area contributed by atoms with Crippen LogP contribution in [0.5, 0.6) is 0 Å². The third-order valence-corrected chi connectivity index (χ3v) is 8.99. The van der Waals surface area contributed by atoms with Gasteiger partial charge in [0, 0.05) is 12.3 Å². The number of unbranched alkanes of at least 4 members (excludes halogenated alkanes) is 20. The molecule has 0 fully saturated rings. The summed E-state index contributed by atoms with van der Waals surface area (Å²) in [6, 6.07) is 0. The van der Waals surface area contributed by atoms with Crippen molar-refractivity contribution in [3.05, 3.63) is 24.3 Å². The van der Waals surface area contributed by atoms with Gasteiger partial charge >= 0.3 is 0 Å². The van der Waals surface area contributed by atoms with E-state index in [9.17, 15) is 9.59 Å². The number of rotatable bonds is 32. The average Bonchev–Trinajstić information content (AvgIpc) is 2.98. The van der Waals surface area contributed by atoms with E-state index >= 15 is 0 Å². The van der Waals surface area contributed by atoms with Crippen molar-refractivity contribution < 1.29 is 9.59 Å². The molecule has 0 aromatic rings. The summed E-state index contributed by atoms with van der Waals surface area (Å²) in [7, 11) is 0. The van der Waals surface area contributed by atoms with Crippen molar-refractivity contribution in [1.29, 1.82) is 0 Å². The molecule has 0 aliphatic carbocycles. The van der Waals surface area contributed by atoms with E-state index in [2.05, 4.69) is 38.2 Å². The fraction of sp³-hybridized carbons (Fsp3) is 0.842. The maximum Gasteiger partial charge on any atom is 0.238 e. The van der Waals surface area contributed by atoms with Crippen LogP contribution in [0.2, 0.25) is 0 Å². The van der Waals surface area contributed by atoms with E-state index in [1.54, 1.807) is 0 Å². The average molecular weight is 589 g/mol. The molecule has 0 aliphatic rings. The Morgan fingerprint density at radius 2 is 0.905 bits per heavy atom. The van der Waals surface area contributed by atoms with Gasteiger partial charge in [-0.05, 0) is 70.6 Å². The number of hydrogen-bond donors (Lipinski definition) is 2. The second-order valence-corrected chi connectivity index (χ2v) is 12.8. The van der Waals surface area contributed by atoms with E-state index in [1.165, 1.54) is 103 Å². The first-order chi connectivity index (χ1) is 20.4. The summed E-state index contributed by atoms with van der Waals surface area (Å²) in [4.78, 5) is 25.5. The van der Waals surface area contributed by atoms with Gasteiger partial charge in [0.2, 0.25) is 5.91 Å². The lowest BCUT2D eigenvalue weighted by atomic mass is 9.75. The van der Waals surface area contributed by atoms with Crippen LogP contribution in [0.1, 0.15) is 194 Å². The Balaban J connectivity index is 4.16. The lowest BCUT2D eigenvalue weighted by Gasteiger charge is -2.33. The lowest BCUT2D eigenvalue weighted by molar-refractivity contribution is -0.134. The van der Waals surface area contributed by atoms with Gasteiger partial charge in [0.1, 0.15) is 11.3 Å². The summed E-state index contributed by atoms with van der Waals surface area (Å²) in [6.07, 6.45) is 40.4. The predicted octanol–water partition coefficient (Wildman–Crippen LogP) is 11.1. The molecule has 0 heterocycles. The number of ketones is 1. The highest BCUT2D eigenvalue weighted by molar-refractivity contribution is 5.93. The molecule has 2 atom stereocenters. The second-order valence-electron chi connectivity index (χ2n) is 12.8. The molecule has 4 nitrogen and oxygen atoms in total. The van der Waals surface area contributed by atoms with Gasteiger partial charge in [-0.3, -0.25) is 9.59 Å². The number of amides is 1. The quantitative estimate of drug-likeness (QED) is 0.0605. The Morgan fingerprint density at radius 1 is 0.548 bits per heavy atom. The first-order valence-electron chi connectivity index (χ1n) is 18.3. The first-order valence-corrected chi connectivity index (χ1v) is 18.3. The normalized spacial score (nSPS) is 14.1. The van der Waals surface area contributed by atoms with Gasteiger partial charge in [-0.2, -0.15) is 0 Å². The molecule has 0 aliphatic heterocycles. The van der Waals surface area contributed by atoms with Gasteiger partial charge < -0.3 is 11.5 Å². The molecule has 4 N–H and O–H groups in total. The molecule has 0 aromatic carbocycles. The fourth-order valence-corrected chi connectivity index (χ4v) is 5.91. The monoisotopic (exact) mass is 589 g/mol. The molecule has 0 radical (unpaired) electrons. The minimum Gasteiger partial charge on any atom is -0.368 e. The Bertz CT molecular complexity index is 687. The topological polar surface area (TPSA) is 86.2 Å². The number of Topliss-reactive ketones (excluding diaryl/α,β-unsaturated/α-hetero) is 1. The lowest BCUT2D eigenvalue weighted by Crippen LogP contribution is -2.59. The van der Waals surface area contributed by atoms with Crippen LogP contribution in [-0.4, -0.2) is 17.2 Å². The van der Waals surface area contributed by atoms with E-state index in [0.29, 0.717) is 19.3 Å². The van der Waals surface area contributed by atoms with Crippen LogP contribution in [0.3, 0.4) is 0 Å². The predicted molar refractivity (Wildman–Crippen MR) is 185 cm³/mol. The highest BCUT2D eigenvalue weighted by atomic mass is 16.2. The van der Waals surface area contributed by atoms with Crippen LogP contribution < -0.4 is 11.5 Å². The smallest absolute Gasteiger partial charge is 0.238 e. The summed E-state index contributed by atoms with van der Waals surface area (Å²) in [5, 5.41) is 0. The highest BCUT2D eigenvalue weighted by Crippen LogP contribution is 2.28. The molecule has 1 amide bonds. The molecule has 246 valence electrons. The van der Waals surface area contributed by atoms with Crippen LogP contribution >= 0.6 is 0 Å². The molecule has 0 bridgehead atoms. The molecule has 0 rings (SSSR count). The van der Waals surface area contributed by atoms with Crippen LogP contribution in [-0.2, 0) is 9.59 Å². The van der Waals surface area contributed by atoms with Crippen molar-refractivity contribution >= 4 is 11.7 Å². The van der Waals surface area contributed by atoms with Gasteiger partial charge in [-0.15, -0.1) is 0 Å². The number of hydrogen-bond acceptors (Lipinski definition) is 3. The van der Waals surface area contributed by atoms with E-state index in [1.807, 2.05) is 6.92 Å². The summed E-state index contributed by atoms with van der Waals surface area (Å²) >= 11 is 0. The van der Waals surface area contributed by atoms with Gasteiger partial charge in [0.05, 0.1) is 0 Å². The number of nitrogens with two attached hydrogens (primary N) is 2. The van der Waals surface area contributed by atoms with Crippen molar-refractivity contribution in [3.8, 4) is 0 Å². The zero-order valence-corrected chi connectivity index (χ0v) is 28.4. The first kappa shape index (κ1) is 40.6. The molecule has 42 heavy (non-hydrogen) atoms. The van der Waals surface area contributed by atoms with Crippen molar-refractivity contribution in [3.63, 3.8) is 0 Å². The Kier molecular flexibility index (Phi) is 28.6. The largest absolute Gasteiger partial charge is 0.368 e. The third-order valence-electron chi connectivity index (χ3n) is 8.99. The van der Waals surface area contributed by atoms with Crippen LogP contribution in [0.15, 0.2) is 24.3 Å². The second kappa shape index (κ2) is 29.6. The van der Waals surface area contributed by atoms with Crippen molar-refractivity contribution in [2.75, 3.05) is 0 Å². The summed E-state index contributed by atoms with van der Waals surface area (Å²) in [5.41, 5.74) is 11.0. The molecular formula is C38H72N2O2. The van der Waals surface area contributed by atoms with Gasteiger partial charge in [0.15, 0.2) is 0 Å². The molecule has 0 aromatic heterocycles. The van der Waals surface area contributed by atoms with E-state index in [0.717, 1.165) is 51.4 Å². The minimum absolute atomic E-state index is 0.134. The summed E-state index contributed by atoms with van der Waals surface area (Å²) < 4.78 is 0. The Morgan fingerprint density at radius 3 is 1.29 bits per heavy atom. The SMILES string of the molecule is CCCCCCCC/C=C\CCCCCCCC(=O)C(CCCCC/C=C\CCCCCCCC)C(N)(CC)C(N)=O. The van der Waals surface area contributed by atoms with Gasteiger partial charge in [0.25, 0.3) is 0 Å². The zero-order chi connectivity index (χ0) is 31.2. The number of primary amides is 1. The number of carbonyl (C=O) groups is 2. The van der Waals surface area contributed by atoms with Crippen molar-refractivity contribution in [1.82, 2.24) is 0 Å². The molecular weight excluding hydrogens is 516 g/mol. The standard InChI is InChI=1S/C38H72N2O2/c1-4-7-9-11-13-15-17-19-20-22-24-26-28-30-32-34-36(41)35(38(40,6-3)37(39)42)33-31-29-27-25-23-21-18-16-14-12-10-8-5-2/h19-21,23,35H,4-18,22,24-34,40H2,1-3H3,(H2,39,42)/b20-19-,23-21-. The molecule has 0 saturated heterocycles. The summed E-state index contributed by atoms with van der Waals surface area (Å²) in [6.45, 7) is 6.40. The fourth-order valence-electron chi connectivity index (χ4n) is 5.91. The zero-order valence-electron chi connectivity index (χ0n) is 28.4. The van der Waals surface area contributed by atoms with Crippen molar-refractivity contribution in [2.45, 2.75) is 200 Å². The Labute approximate surface area is 262 Å². The highest BCUT2D eigenvalue weighted by Gasteiger charge is 2.42. The third kappa shape index (κ3) is 22.2. The minimum atomic E-state index is -1.23. The Hall–Kier alpha value is -1.42. The molecule has 0 saturated carbocycles. The molecule has 4 heteroatoms. The molecule has 0 spiro atoms. The summed E-state index contributed by atoms with van der Waals surface area (Å²) in [5.74, 6) is -0.861. The maximum atomic E-state index is 13.2. The van der Waals surface area contributed by atoms with Crippen LogP contribution in [0, 0.1) is 5.92 Å². The maximum absolute atomic E-state index is 13.2. The van der Waals surface area contributed by atoms with E-state index in [4.69, 9.17) is 11.5 Å². The molecule has 2 unspecified atom stereocenters. The van der Waals surface area contributed by atoms with E-state index < -0.39 is 17.4 Å². The van der Waals surface area contributed by atoms with Crippen LogP contribution in [0.4, 0.5) is 0 Å². The van der Waals surface area contributed by atoms with Gasteiger partial charge in [-0.1, -0.05) is 141 Å². The van der Waals surface area contributed by atoms with Crippen molar-refractivity contribution in [2.24, 2.45) is 17.4 Å². The number of carbonyl (C=O) groups excluding carboxylic acids is 2.